The maximum atomic E-state index is 5.51. The molecule has 0 spiro atoms. The van der Waals surface area contributed by atoms with Gasteiger partial charge >= 0.3 is 0 Å². The average molecular weight is 200 g/mol. The van der Waals surface area contributed by atoms with Gasteiger partial charge in [-0.1, -0.05) is 0 Å². The smallest absolute Gasteiger partial charge is 0.0506 e. The van der Waals surface area contributed by atoms with Gasteiger partial charge in [0.25, 0.3) is 0 Å². The monoisotopic (exact) mass is 200 g/mol. The fourth-order valence-electron chi connectivity index (χ4n) is 2.09. The van der Waals surface area contributed by atoms with Gasteiger partial charge in [-0.3, -0.25) is 0 Å². The van der Waals surface area contributed by atoms with E-state index in [0.29, 0.717) is 0 Å². The highest BCUT2D eigenvalue weighted by molar-refractivity contribution is 4.72. The molecule has 84 valence electrons. The summed E-state index contributed by atoms with van der Waals surface area (Å²) >= 11 is 0. The van der Waals surface area contributed by atoms with Gasteiger partial charge in [0.15, 0.2) is 0 Å². The van der Waals surface area contributed by atoms with Crippen molar-refractivity contribution in [3.05, 3.63) is 0 Å². The molecule has 1 saturated heterocycles. The number of hydrogen-bond acceptors (Lipinski definition) is 3. The molecule has 1 rings (SSSR count). The molecule has 1 unspecified atom stereocenters. The fraction of sp³-hybridized carbons (Fsp3) is 1.00. The van der Waals surface area contributed by atoms with Crippen LogP contribution in [-0.2, 0) is 4.74 Å². The summed E-state index contributed by atoms with van der Waals surface area (Å²) in [6, 6.07) is 0. The summed E-state index contributed by atoms with van der Waals surface area (Å²) in [6.07, 6.45) is 3.78. The van der Waals surface area contributed by atoms with Crippen LogP contribution in [-0.4, -0.2) is 44.3 Å². The Balaban J connectivity index is 2.14. The molecule has 3 nitrogen and oxygen atoms in total. The van der Waals surface area contributed by atoms with Crippen molar-refractivity contribution >= 4 is 0 Å². The third kappa shape index (κ3) is 4.40. The maximum Gasteiger partial charge on any atom is 0.0506 e. The molecule has 1 heterocycles. The topological polar surface area (TPSA) is 38.5 Å². The van der Waals surface area contributed by atoms with Gasteiger partial charge in [-0.25, -0.2) is 0 Å². The third-order valence-electron chi connectivity index (χ3n) is 2.84. The second-order valence-electron chi connectivity index (χ2n) is 4.11. The van der Waals surface area contributed by atoms with Crippen LogP contribution in [0.5, 0.6) is 0 Å². The molecule has 0 bridgehead atoms. The predicted molar refractivity (Wildman–Crippen MR) is 59.3 cm³/mol. The van der Waals surface area contributed by atoms with Crippen molar-refractivity contribution < 1.29 is 4.74 Å². The Bertz CT molecular complexity index is 127. The van der Waals surface area contributed by atoms with E-state index in [1.165, 1.54) is 32.5 Å². The van der Waals surface area contributed by atoms with Crippen LogP contribution in [0, 0.1) is 5.92 Å². The fourth-order valence-corrected chi connectivity index (χ4v) is 2.09. The molecule has 0 saturated carbocycles. The largest absolute Gasteiger partial charge is 0.381 e. The van der Waals surface area contributed by atoms with Crippen LogP contribution >= 0.6 is 0 Å². The molecule has 0 radical (unpaired) electrons. The summed E-state index contributed by atoms with van der Waals surface area (Å²) in [5.41, 5.74) is 5.51. The Morgan fingerprint density at radius 3 is 3.07 bits per heavy atom. The van der Waals surface area contributed by atoms with Gasteiger partial charge in [0.2, 0.25) is 0 Å². The van der Waals surface area contributed by atoms with E-state index in [-0.39, 0.29) is 0 Å². The molecule has 1 aliphatic heterocycles. The molecule has 1 aliphatic rings. The number of ether oxygens (including phenoxy) is 1. The van der Waals surface area contributed by atoms with E-state index >= 15 is 0 Å². The number of hydrogen-bond donors (Lipinski definition) is 1. The first kappa shape index (κ1) is 12.0. The predicted octanol–water partition coefficient (Wildman–Crippen LogP) is 1.08. The molecule has 0 aromatic carbocycles. The Labute approximate surface area is 87.6 Å². The number of likely N-dealkylation sites (tertiary alicyclic amines) is 1. The van der Waals surface area contributed by atoms with Crippen LogP contribution in [0.15, 0.2) is 0 Å². The second kappa shape index (κ2) is 7.21. The van der Waals surface area contributed by atoms with Crippen LogP contribution in [0.2, 0.25) is 0 Å². The molecule has 2 N–H and O–H groups in total. The summed E-state index contributed by atoms with van der Waals surface area (Å²) in [4.78, 5) is 2.53. The van der Waals surface area contributed by atoms with Gasteiger partial charge in [-0.2, -0.15) is 0 Å². The zero-order valence-electron chi connectivity index (χ0n) is 9.37. The van der Waals surface area contributed by atoms with E-state index in [4.69, 9.17) is 10.5 Å². The molecule has 0 aromatic rings. The second-order valence-corrected chi connectivity index (χ2v) is 4.11. The number of nitrogens with zero attached hydrogens (tertiary/aromatic N) is 1. The van der Waals surface area contributed by atoms with Gasteiger partial charge in [-0.05, 0) is 51.7 Å². The quantitative estimate of drug-likeness (QED) is 0.697. The van der Waals surface area contributed by atoms with Gasteiger partial charge in [-0.15, -0.1) is 0 Å². The molecule has 3 heteroatoms. The van der Waals surface area contributed by atoms with Gasteiger partial charge in [0, 0.05) is 13.2 Å². The van der Waals surface area contributed by atoms with Gasteiger partial charge < -0.3 is 15.4 Å². The van der Waals surface area contributed by atoms with E-state index in [1.54, 1.807) is 0 Å². The molecule has 1 fully saturated rings. The summed E-state index contributed by atoms with van der Waals surface area (Å²) in [6.45, 7) is 8.29. The Kier molecular flexibility index (Phi) is 6.15. The van der Waals surface area contributed by atoms with E-state index in [9.17, 15) is 0 Å². The van der Waals surface area contributed by atoms with Crippen LogP contribution in [0.1, 0.15) is 26.2 Å². The van der Waals surface area contributed by atoms with Crippen molar-refractivity contribution in [2.75, 3.05) is 39.4 Å². The highest BCUT2D eigenvalue weighted by Gasteiger charge is 2.18. The Hall–Kier alpha value is -0.120. The van der Waals surface area contributed by atoms with Gasteiger partial charge in [0.05, 0.1) is 6.61 Å². The van der Waals surface area contributed by atoms with Crippen molar-refractivity contribution in [1.29, 1.82) is 0 Å². The Morgan fingerprint density at radius 2 is 2.36 bits per heavy atom. The molecule has 0 amide bonds. The van der Waals surface area contributed by atoms with Crippen molar-refractivity contribution in [3.8, 4) is 0 Å². The van der Waals surface area contributed by atoms with Crippen LogP contribution < -0.4 is 5.73 Å². The van der Waals surface area contributed by atoms with Crippen molar-refractivity contribution in [2.24, 2.45) is 11.7 Å². The van der Waals surface area contributed by atoms with Crippen LogP contribution in [0.4, 0.5) is 0 Å². The molecule has 1 atom stereocenters. The minimum absolute atomic E-state index is 0.751. The maximum absolute atomic E-state index is 5.51. The van der Waals surface area contributed by atoms with Crippen molar-refractivity contribution in [3.63, 3.8) is 0 Å². The zero-order valence-corrected chi connectivity index (χ0v) is 9.37. The summed E-state index contributed by atoms with van der Waals surface area (Å²) < 4.78 is 5.47. The van der Waals surface area contributed by atoms with E-state index < -0.39 is 0 Å². The first-order valence-electron chi connectivity index (χ1n) is 5.87. The lowest BCUT2D eigenvalue weighted by Crippen LogP contribution is -2.38. The highest BCUT2D eigenvalue weighted by Crippen LogP contribution is 2.16. The number of nitrogens with two attached hydrogens (primary N) is 1. The SMILES string of the molecule is CCOCC1CCCN(CCCN)C1. The van der Waals surface area contributed by atoms with Crippen molar-refractivity contribution in [2.45, 2.75) is 26.2 Å². The molecule has 14 heavy (non-hydrogen) atoms. The van der Waals surface area contributed by atoms with E-state index in [1.807, 2.05) is 0 Å². The van der Waals surface area contributed by atoms with Gasteiger partial charge in [0.1, 0.15) is 0 Å². The lowest BCUT2D eigenvalue weighted by atomic mass is 9.99. The van der Waals surface area contributed by atoms with Crippen molar-refractivity contribution in [1.82, 2.24) is 4.90 Å². The average Bonchev–Trinajstić information content (AvgIpc) is 2.24. The van der Waals surface area contributed by atoms with Crippen LogP contribution in [0.3, 0.4) is 0 Å². The zero-order chi connectivity index (χ0) is 10.2. The molecule has 0 aliphatic carbocycles. The normalized spacial score (nSPS) is 24.0. The van der Waals surface area contributed by atoms with E-state index in [0.717, 1.165) is 32.1 Å². The molecule has 0 aromatic heterocycles. The molecular formula is C11H24N2O. The molecular weight excluding hydrogens is 176 g/mol. The number of piperidine rings is 1. The first-order valence-corrected chi connectivity index (χ1v) is 5.87. The minimum atomic E-state index is 0.751. The third-order valence-corrected chi connectivity index (χ3v) is 2.84. The van der Waals surface area contributed by atoms with E-state index in [2.05, 4.69) is 11.8 Å². The lowest BCUT2D eigenvalue weighted by molar-refractivity contribution is 0.0670. The van der Waals surface area contributed by atoms with Crippen LogP contribution in [0.25, 0.3) is 0 Å². The summed E-state index contributed by atoms with van der Waals surface area (Å²) in [7, 11) is 0. The summed E-state index contributed by atoms with van der Waals surface area (Å²) in [5.74, 6) is 0.751. The number of rotatable bonds is 6. The lowest BCUT2D eigenvalue weighted by Gasteiger charge is -2.32. The first-order chi connectivity index (χ1) is 6.86. The minimum Gasteiger partial charge on any atom is -0.381 e. The highest BCUT2D eigenvalue weighted by atomic mass is 16.5. The standard InChI is InChI=1S/C11H24N2O/c1-2-14-10-11-5-3-7-13(9-11)8-4-6-12/h11H,2-10,12H2,1H3. The summed E-state index contributed by atoms with van der Waals surface area (Å²) in [5, 5.41) is 0. The Morgan fingerprint density at radius 1 is 1.50 bits per heavy atom.